The van der Waals surface area contributed by atoms with Gasteiger partial charge >= 0.3 is 5.97 Å². The van der Waals surface area contributed by atoms with Gasteiger partial charge < -0.3 is 19.2 Å². The number of hydrogen-bond donors (Lipinski definition) is 1. The molecule has 1 atom stereocenters. The van der Waals surface area contributed by atoms with Crippen LogP contribution in [0.25, 0.3) is 17.0 Å². The van der Waals surface area contributed by atoms with Crippen molar-refractivity contribution in [2.75, 3.05) is 13.7 Å². The summed E-state index contributed by atoms with van der Waals surface area (Å²) in [6, 6.07) is 16.4. The van der Waals surface area contributed by atoms with Crippen molar-refractivity contribution in [3.05, 3.63) is 72.0 Å². The lowest BCUT2D eigenvalue weighted by molar-refractivity contribution is -0.144. The van der Waals surface area contributed by atoms with Crippen molar-refractivity contribution in [1.82, 2.24) is 5.32 Å². The second-order valence-electron chi connectivity index (χ2n) is 6.16. The average molecular weight is 379 g/mol. The fraction of sp³-hybridized carbons (Fsp3) is 0.182. The normalized spacial score (nSPS) is 12.1. The van der Waals surface area contributed by atoms with Gasteiger partial charge in [-0.25, -0.2) is 4.79 Å². The van der Waals surface area contributed by atoms with Gasteiger partial charge in [-0.1, -0.05) is 36.4 Å². The van der Waals surface area contributed by atoms with E-state index >= 15 is 0 Å². The topological polar surface area (TPSA) is 77.8 Å². The highest BCUT2D eigenvalue weighted by molar-refractivity contribution is 5.89. The Kier molecular flexibility index (Phi) is 6.11. The third kappa shape index (κ3) is 4.79. The molecule has 28 heavy (non-hydrogen) atoms. The molecule has 0 aliphatic rings. The zero-order valence-electron chi connectivity index (χ0n) is 15.7. The zero-order chi connectivity index (χ0) is 19.9. The standard InChI is InChI=1S/C22H21NO5/c1-15(20-13-17-8-4-6-10-19(17)28-20)23-21(24)14-27-22(25)12-11-16-7-3-5-9-18(16)26-2/h3-13,15H,14H2,1-2H3,(H,23,24)/b12-11+/t15-/m0/s1. The Morgan fingerprint density at radius 1 is 1.14 bits per heavy atom. The van der Waals surface area contributed by atoms with E-state index in [1.807, 2.05) is 48.5 Å². The van der Waals surface area contributed by atoms with Gasteiger partial charge in [0.1, 0.15) is 17.1 Å². The molecule has 0 saturated heterocycles. The molecular formula is C22H21NO5. The van der Waals surface area contributed by atoms with Crippen LogP contribution in [0, 0.1) is 0 Å². The van der Waals surface area contributed by atoms with Gasteiger partial charge in [-0.05, 0) is 31.2 Å². The lowest BCUT2D eigenvalue weighted by atomic mass is 10.2. The zero-order valence-corrected chi connectivity index (χ0v) is 15.7. The molecule has 1 aromatic heterocycles. The number of rotatable bonds is 7. The second kappa shape index (κ2) is 8.90. The molecule has 0 aliphatic heterocycles. The molecule has 6 heteroatoms. The number of ether oxygens (including phenoxy) is 2. The molecule has 144 valence electrons. The van der Waals surface area contributed by atoms with E-state index < -0.39 is 11.9 Å². The van der Waals surface area contributed by atoms with Crippen LogP contribution in [0.1, 0.15) is 24.3 Å². The number of nitrogens with one attached hydrogen (secondary N) is 1. The molecule has 0 bridgehead atoms. The third-order valence-corrected chi connectivity index (χ3v) is 4.13. The van der Waals surface area contributed by atoms with Gasteiger partial charge in [-0.3, -0.25) is 4.79 Å². The van der Waals surface area contributed by atoms with Crippen LogP contribution in [-0.2, 0) is 14.3 Å². The first-order valence-electron chi connectivity index (χ1n) is 8.82. The molecule has 0 fully saturated rings. The Bertz CT molecular complexity index is 972. The van der Waals surface area contributed by atoms with E-state index in [1.165, 1.54) is 6.08 Å². The van der Waals surface area contributed by atoms with Crippen LogP contribution in [0.2, 0.25) is 0 Å². The minimum atomic E-state index is -0.613. The van der Waals surface area contributed by atoms with E-state index in [-0.39, 0.29) is 12.6 Å². The lowest BCUT2D eigenvalue weighted by Gasteiger charge is -2.11. The minimum absolute atomic E-state index is 0.345. The molecule has 6 nitrogen and oxygen atoms in total. The van der Waals surface area contributed by atoms with Gasteiger partial charge in [0, 0.05) is 17.0 Å². The Morgan fingerprint density at radius 2 is 1.89 bits per heavy atom. The molecular weight excluding hydrogens is 358 g/mol. The number of para-hydroxylation sites is 2. The molecule has 1 heterocycles. The molecule has 0 unspecified atom stereocenters. The molecule has 1 N–H and O–H groups in total. The highest BCUT2D eigenvalue weighted by Crippen LogP contribution is 2.23. The molecule has 0 aliphatic carbocycles. The van der Waals surface area contributed by atoms with Gasteiger partial charge in [0.15, 0.2) is 6.61 Å². The van der Waals surface area contributed by atoms with Gasteiger partial charge in [0.2, 0.25) is 0 Å². The Morgan fingerprint density at radius 3 is 2.68 bits per heavy atom. The summed E-state index contributed by atoms with van der Waals surface area (Å²) in [6.45, 7) is 1.43. The number of carbonyl (C=O) groups excluding carboxylic acids is 2. The molecule has 0 saturated carbocycles. The highest BCUT2D eigenvalue weighted by atomic mass is 16.5. The third-order valence-electron chi connectivity index (χ3n) is 4.13. The van der Waals surface area contributed by atoms with Gasteiger partial charge in [-0.2, -0.15) is 0 Å². The van der Waals surface area contributed by atoms with Crippen LogP contribution in [-0.4, -0.2) is 25.6 Å². The quantitative estimate of drug-likeness (QED) is 0.498. The lowest BCUT2D eigenvalue weighted by Crippen LogP contribution is -2.30. The van der Waals surface area contributed by atoms with Crippen LogP contribution in [0.4, 0.5) is 0 Å². The summed E-state index contributed by atoms with van der Waals surface area (Å²) in [4.78, 5) is 23.9. The smallest absolute Gasteiger partial charge is 0.331 e. The number of amides is 1. The van der Waals surface area contributed by atoms with E-state index in [0.29, 0.717) is 11.5 Å². The van der Waals surface area contributed by atoms with Crippen molar-refractivity contribution in [2.45, 2.75) is 13.0 Å². The number of esters is 1. The number of methoxy groups -OCH3 is 1. The van der Waals surface area contributed by atoms with Gasteiger partial charge in [-0.15, -0.1) is 0 Å². The monoisotopic (exact) mass is 379 g/mol. The second-order valence-corrected chi connectivity index (χ2v) is 6.16. The summed E-state index contributed by atoms with van der Waals surface area (Å²) in [6.07, 6.45) is 2.84. The highest BCUT2D eigenvalue weighted by Gasteiger charge is 2.15. The summed E-state index contributed by atoms with van der Waals surface area (Å²) in [5.74, 6) is 0.255. The van der Waals surface area contributed by atoms with E-state index in [9.17, 15) is 9.59 Å². The van der Waals surface area contributed by atoms with Crippen molar-refractivity contribution < 1.29 is 23.5 Å². The molecule has 3 aromatic rings. The van der Waals surface area contributed by atoms with Crippen LogP contribution in [0.3, 0.4) is 0 Å². The molecule has 3 rings (SSSR count). The maximum atomic E-state index is 12.0. The number of fused-ring (bicyclic) bond motifs is 1. The number of hydrogen-bond acceptors (Lipinski definition) is 5. The van der Waals surface area contributed by atoms with Crippen molar-refractivity contribution in [1.29, 1.82) is 0 Å². The summed E-state index contributed by atoms with van der Waals surface area (Å²) in [5.41, 5.74) is 1.50. The minimum Gasteiger partial charge on any atom is -0.496 e. The van der Waals surface area contributed by atoms with Gasteiger partial charge in [0.05, 0.1) is 13.2 Å². The summed E-state index contributed by atoms with van der Waals surface area (Å²) in [5, 5.41) is 3.71. The van der Waals surface area contributed by atoms with Crippen LogP contribution >= 0.6 is 0 Å². The summed E-state index contributed by atoms with van der Waals surface area (Å²) in [7, 11) is 1.55. The first-order valence-corrected chi connectivity index (χ1v) is 8.82. The maximum Gasteiger partial charge on any atom is 0.331 e. The fourth-order valence-corrected chi connectivity index (χ4v) is 2.72. The molecule has 0 radical (unpaired) electrons. The molecule has 0 spiro atoms. The first-order chi connectivity index (χ1) is 13.6. The van der Waals surface area contributed by atoms with E-state index in [2.05, 4.69) is 5.32 Å². The average Bonchev–Trinajstić information content (AvgIpc) is 3.15. The van der Waals surface area contributed by atoms with Crippen molar-refractivity contribution in [3.8, 4) is 5.75 Å². The maximum absolute atomic E-state index is 12.0. The number of carbonyl (C=O) groups is 2. The molecule has 1 amide bonds. The fourth-order valence-electron chi connectivity index (χ4n) is 2.72. The van der Waals surface area contributed by atoms with E-state index in [4.69, 9.17) is 13.9 Å². The van der Waals surface area contributed by atoms with Crippen molar-refractivity contribution >= 4 is 28.9 Å². The predicted molar refractivity (Wildman–Crippen MR) is 106 cm³/mol. The summed E-state index contributed by atoms with van der Waals surface area (Å²) < 4.78 is 15.9. The Balaban J connectivity index is 1.50. The Labute approximate surface area is 162 Å². The SMILES string of the molecule is COc1ccccc1/C=C/C(=O)OCC(=O)N[C@@H](C)c1cc2ccccc2o1. The van der Waals surface area contributed by atoms with E-state index in [0.717, 1.165) is 16.5 Å². The molecule has 2 aromatic carbocycles. The van der Waals surface area contributed by atoms with Gasteiger partial charge in [0.25, 0.3) is 5.91 Å². The number of furan rings is 1. The van der Waals surface area contributed by atoms with Crippen LogP contribution < -0.4 is 10.1 Å². The van der Waals surface area contributed by atoms with Crippen LogP contribution in [0.15, 0.2) is 65.1 Å². The van der Waals surface area contributed by atoms with Crippen molar-refractivity contribution in [2.24, 2.45) is 0 Å². The van der Waals surface area contributed by atoms with Crippen molar-refractivity contribution in [3.63, 3.8) is 0 Å². The Hall–Kier alpha value is -3.54. The van der Waals surface area contributed by atoms with Crippen LogP contribution in [0.5, 0.6) is 5.75 Å². The summed E-state index contributed by atoms with van der Waals surface area (Å²) >= 11 is 0. The largest absolute Gasteiger partial charge is 0.496 e. The van der Waals surface area contributed by atoms with E-state index in [1.54, 1.807) is 26.2 Å². The first kappa shape index (κ1) is 19.2. The number of benzene rings is 2. The predicted octanol–water partition coefficient (Wildman–Crippen LogP) is 3.88.